The average molecular weight is 333 g/mol. The molecule has 1 amide bonds. The number of halogens is 1. The fraction of sp³-hybridized carbons (Fsp3) is 0.500. The Morgan fingerprint density at radius 1 is 1.43 bits per heavy atom. The Bertz CT molecular complexity index is 590. The van der Waals surface area contributed by atoms with Gasteiger partial charge in [-0.3, -0.25) is 4.79 Å². The van der Waals surface area contributed by atoms with Crippen molar-refractivity contribution in [3.63, 3.8) is 0 Å². The van der Waals surface area contributed by atoms with Crippen LogP contribution in [0.15, 0.2) is 24.3 Å². The lowest BCUT2D eigenvalue weighted by Gasteiger charge is -2.24. The zero-order valence-corrected chi connectivity index (χ0v) is 13.8. The first kappa shape index (κ1) is 17.9. The summed E-state index contributed by atoms with van der Waals surface area (Å²) in [5, 5.41) is 0.609. The quantitative estimate of drug-likeness (QED) is 0.819. The van der Waals surface area contributed by atoms with Crippen molar-refractivity contribution in [1.29, 1.82) is 0 Å². The van der Waals surface area contributed by atoms with Crippen LogP contribution in [0.1, 0.15) is 18.9 Å². The molecule has 1 aromatic carbocycles. The third-order valence-corrected chi connectivity index (χ3v) is 4.29. The number of benzene rings is 1. The fourth-order valence-electron chi connectivity index (χ4n) is 1.90. The van der Waals surface area contributed by atoms with E-state index in [4.69, 9.17) is 17.3 Å². The van der Waals surface area contributed by atoms with Crippen molar-refractivity contribution in [2.24, 2.45) is 5.73 Å². The smallest absolute Gasteiger partial charge is 0.239 e. The number of carbonyl (C=O) groups excluding carboxylic acids is 1. The molecule has 21 heavy (non-hydrogen) atoms. The Labute approximate surface area is 131 Å². The third kappa shape index (κ3) is 6.46. The summed E-state index contributed by atoms with van der Waals surface area (Å²) in [7, 11) is -3.12. The van der Waals surface area contributed by atoms with Gasteiger partial charge in [-0.05, 0) is 31.0 Å². The second-order valence-corrected chi connectivity index (χ2v) is 7.70. The monoisotopic (exact) mass is 332 g/mol. The zero-order chi connectivity index (χ0) is 16.0. The van der Waals surface area contributed by atoms with Gasteiger partial charge in [0.1, 0.15) is 9.84 Å². The van der Waals surface area contributed by atoms with Gasteiger partial charge in [-0.2, -0.15) is 0 Å². The Hall–Kier alpha value is -1.11. The zero-order valence-electron chi connectivity index (χ0n) is 12.3. The Morgan fingerprint density at radius 3 is 2.62 bits per heavy atom. The molecule has 2 N–H and O–H groups in total. The number of carbonyl (C=O) groups is 1. The summed E-state index contributed by atoms with van der Waals surface area (Å²) >= 11 is 5.92. The second kappa shape index (κ2) is 7.77. The van der Waals surface area contributed by atoms with Gasteiger partial charge in [0.25, 0.3) is 0 Å². The van der Waals surface area contributed by atoms with E-state index >= 15 is 0 Å². The summed E-state index contributed by atoms with van der Waals surface area (Å²) in [6.07, 6.45) is 1.26. The SMILES string of the molecule is CCN(Cc1cccc(Cl)c1)C(=O)C(N)CCS(C)(=O)=O. The van der Waals surface area contributed by atoms with Crippen LogP contribution >= 0.6 is 11.6 Å². The van der Waals surface area contributed by atoms with Gasteiger partial charge in [-0.1, -0.05) is 23.7 Å². The van der Waals surface area contributed by atoms with Crippen molar-refractivity contribution in [3.05, 3.63) is 34.9 Å². The van der Waals surface area contributed by atoms with Gasteiger partial charge < -0.3 is 10.6 Å². The highest BCUT2D eigenvalue weighted by Crippen LogP contribution is 2.13. The number of hydrogen-bond acceptors (Lipinski definition) is 4. The van der Waals surface area contributed by atoms with Gasteiger partial charge in [-0.25, -0.2) is 8.42 Å². The summed E-state index contributed by atoms with van der Waals surface area (Å²) in [5.41, 5.74) is 6.71. The summed E-state index contributed by atoms with van der Waals surface area (Å²) in [4.78, 5) is 13.8. The van der Waals surface area contributed by atoms with Gasteiger partial charge in [0, 0.05) is 24.4 Å². The first-order chi connectivity index (χ1) is 9.73. The number of hydrogen-bond donors (Lipinski definition) is 1. The molecule has 0 aliphatic heterocycles. The molecule has 0 heterocycles. The Morgan fingerprint density at radius 2 is 2.10 bits per heavy atom. The highest BCUT2D eigenvalue weighted by atomic mass is 35.5. The molecule has 0 radical (unpaired) electrons. The van der Waals surface area contributed by atoms with Crippen LogP contribution in [0.4, 0.5) is 0 Å². The van der Waals surface area contributed by atoms with Gasteiger partial charge in [0.15, 0.2) is 0 Å². The van der Waals surface area contributed by atoms with Gasteiger partial charge in [0.05, 0.1) is 11.8 Å². The van der Waals surface area contributed by atoms with Crippen molar-refractivity contribution < 1.29 is 13.2 Å². The third-order valence-electron chi connectivity index (χ3n) is 3.07. The number of sulfone groups is 1. The first-order valence-electron chi connectivity index (χ1n) is 6.69. The predicted molar refractivity (Wildman–Crippen MR) is 84.8 cm³/mol. The topological polar surface area (TPSA) is 80.5 Å². The lowest BCUT2D eigenvalue weighted by atomic mass is 10.1. The summed E-state index contributed by atoms with van der Waals surface area (Å²) in [6.45, 7) is 2.76. The van der Waals surface area contributed by atoms with Crippen LogP contribution in [0.25, 0.3) is 0 Å². The van der Waals surface area contributed by atoms with Crippen molar-refractivity contribution in [2.45, 2.75) is 25.9 Å². The summed E-state index contributed by atoms with van der Waals surface area (Å²) in [5.74, 6) is -0.338. The second-order valence-electron chi connectivity index (χ2n) is 5.01. The maximum Gasteiger partial charge on any atom is 0.239 e. The normalized spacial score (nSPS) is 13.0. The van der Waals surface area contributed by atoms with E-state index in [0.717, 1.165) is 11.8 Å². The molecule has 7 heteroatoms. The number of likely N-dealkylation sites (N-methyl/N-ethyl adjacent to an activating group) is 1. The van der Waals surface area contributed by atoms with E-state index in [2.05, 4.69) is 0 Å². The van der Waals surface area contributed by atoms with Crippen LogP contribution in [0, 0.1) is 0 Å². The lowest BCUT2D eigenvalue weighted by molar-refractivity contribution is -0.133. The molecule has 118 valence electrons. The van der Waals surface area contributed by atoms with E-state index in [0.29, 0.717) is 18.1 Å². The number of amides is 1. The van der Waals surface area contributed by atoms with Gasteiger partial charge in [0.2, 0.25) is 5.91 Å². The van der Waals surface area contributed by atoms with Gasteiger partial charge in [-0.15, -0.1) is 0 Å². The summed E-state index contributed by atoms with van der Waals surface area (Å²) < 4.78 is 22.3. The minimum absolute atomic E-state index is 0.0887. The molecule has 0 fully saturated rings. The Kier molecular flexibility index (Phi) is 6.64. The van der Waals surface area contributed by atoms with Crippen molar-refractivity contribution in [3.8, 4) is 0 Å². The van der Waals surface area contributed by atoms with Crippen LogP contribution in [-0.4, -0.2) is 43.8 Å². The number of nitrogens with zero attached hydrogens (tertiary/aromatic N) is 1. The predicted octanol–water partition coefficient (Wildman–Crippen LogP) is 1.45. The molecule has 1 rings (SSSR count). The molecular weight excluding hydrogens is 312 g/mol. The molecule has 0 bridgehead atoms. The van der Waals surface area contributed by atoms with Crippen LogP contribution in [-0.2, 0) is 21.2 Å². The van der Waals surface area contributed by atoms with E-state index in [1.807, 2.05) is 19.1 Å². The molecular formula is C14H21ClN2O3S. The minimum atomic E-state index is -3.12. The molecule has 0 aliphatic rings. The van der Waals surface area contributed by atoms with E-state index in [9.17, 15) is 13.2 Å². The van der Waals surface area contributed by atoms with Crippen LogP contribution in [0.3, 0.4) is 0 Å². The highest BCUT2D eigenvalue weighted by molar-refractivity contribution is 7.90. The maximum absolute atomic E-state index is 12.3. The number of rotatable bonds is 7. The van der Waals surface area contributed by atoms with Crippen molar-refractivity contribution >= 4 is 27.3 Å². The molecule has 0 aromatic heterocycles. The fourth-order valence-corrected chi connectivity index (χ4v) is 2.80. The summed E-state index contributed by atoms with van der Waals surface area (Å²) in [6, 6.07) is 6.45. The first-order valence-corrected chi connectivity index (χ1v) is 9.13. The standard InChI is InChI=1S/C14H21ClN2O3S/c1-3-17(10-11-5-4-6-12(15)9-11)14(18)13(16)7-8-21(2,19)20/h4-6,9,13H,3,7-8,10,16H2,1-2H3. The van der Waals surface area contributed by atoms with Gasteiger partial charge >= 0.3 is 0 Å². The molecule has 1 atom stereocenters. The van der Waals surface area contributed by atoms with E-state index in [1.165, 1.54) is 0 Å². The van der Waals surface area contributed by atoms with Crippen LogP contribution in [0.2, 0.25) is 5.02 Å². The molecule has 0 spiro atoms. The minimum Gasteiger partial charge on any atom is -0.337 e. The molecule has 0 saturated carbocycles. The lowest BCUT2D eigenvalue weighted by Crippen LogP contribution is -2.44. The van der Waals surface area contributed by atoms with E-state index in [-0.39, 0.29) is 18.1 Å². The highest BCUT2D eigenvalue weighted by Gasteiger charge is 2.21. The number of nitrogens with two attached hydrogens (primary N) is 1. The maximum atomic E-state index is 12.3. The molecule has 1 unspecified atom stereocenters. The molecule has 5 nitrogen and oxygen atoms in total. The average Bonchev–Trinajstić information content (AvgIpc) is 2.40. The van der Waals surface area contributed by atoms with Crippen molar-refractivity contribution in [2.75, 3.05) is 18.6 Å². The molecule has 1 aromatic rings. The van der Waals surface area contributed by atoms with Crippen LogP contribution in [0.5, 0.6) is 0 Å². The molecule has 0 aliphatic carbocycles. The van der Waals surface area contributed by atoms with Crippen LogP contribution < -0.4 is 5.73 Å². The Balaban J connectivity index is 2.68. The van der Waals surface area contributed by atoms with E-state index < -0.39 is 15.9 Å². The van der Waals surface area contributed by atoms with Crippen molar-refractivity contribution in [1.82, 2.24) is 4.90 Å². The molecule has 0 saturated heterocycles. The van der Waals surface area contributed by atoms with E-state index in [1.54, 1.807) is 17.0 Å². The largest absolute Gasteiger partial charge is 0.337 e.